The van der Waals surface area contributed by atoms with E-state index in [4.69, 9.17) is 16.3 Å². The summed E-state index contributed by atoms with van der Waals surface area (Å²) in [5.74, 6) is 1.45. The van der Waals surface area contributed by atoms with E-state index in [9.17, 15) is 0 Å². The molecule has 2 rings (SSSR count). The van der Waals surface area contributed by atoms with Gasteiger partial charge >= 0.3 is 0 Å². The maximum Gasteiger partial charge on any atom is 0.127 e. The van der Waals surface area contributed by atoms with Crippen molar-refractivity contribution in [3.05, 3.63) is 27.5 Å². The van der Waals surface area contributed by atoms with Crippen molar-refractivity contribution in [2.24, 2.45) is 0 Å². The fraction of sp³-hybridized carbons (Fsp3) is 0.200. The molecular formula is C10H8BrClOS. The molecule has 0 aliphatic heterocycles. The number of benzene rings is 1. The molecule has 1 nitrogen and oxygen atoms in total. The summed E-state index contributed by atoms with van der Waals surface area (Å²) in [4.78, 5) is 1.16. The molecule has 0 unspecified atom stereocenters. The first-order chi connectivity index (χ1) is 6.76. The molecule has 0 atom stereocenters. The highest BCUT2D eigenvalue weighted by Crippen LogP contribution is 2.38. The van der Waals surface area contributed by atoms with E-state index in [1.54, 1.807) is 18.4 Å². The minimum atomic E-state index is 0.551. The fourth-order valence-electron chi connectivity index (χ4n) is 1.36. The summed E-state index contributed by atoms with van der Waals surface area (Å²) in [6, 6.07) is 6.03. The molecule has 1 aromatic carbocycles. The van der Waals surface area contributed by atoms with Gasteiger partial charge in [-0.3, -0.25) is 0 Å². The smallest absolute Gasteiger partial charge is 0.127 e. The summed E-state index contributed by atoms with van der Waals surface area (Å²) in [5, 5.41) is 1.13. The monoisotopic (exact) mass is 290 g/mol. The molecule has 0 bridgehead atoms. The molecule has 4 heteroatoms. The molecule has 0 radical (unpaired) electrons. The highest BCUT2D eigenvalue weighted by atomic mass is 79.9. The number of hydrogen-bond donors (Lipinski definition) is 0. The second-order valence-corrected chi connectivity index (χ2v) is 5.10. The third kappa shape index (κ3) is 1.64. The van der Waals surface area contributed by atoms with E-state index < -0.39 is 0 Å². The molecule has 0 saturated heterocycles. The van der Waals surface area contributed by atoms with Crippen LogP contribution in [0.4, 0.5) is 0 Å². The Hall–Kier alpha value is -0.250. The SMILES string of the molecule is COc1ccc(Br)c2sc(CCl)cc12. The second kappa shape index (κ2) is 4.09. The number of fused-ring (bicyclic) bond motifs is 1. The first-order valence-corrected chi connectivity index (χ1v) is 6.21. The lowest BCUT2D eigenvalue weighted by Gasteiger charge is -2.01. The van der Waals surface area contributed by atoms with Crippen molar-refractivity contribution in [2.45, 2.75) is 5.88 Å². The Labute approximate surface area is 99.8 Å². The minimum absolute atomic E-state index is 0.551. The molecule has 0 aliphatic rings. The van der Waals surface area contributed by atoms with E-state index in [1.807, 2.05) is 12.1 Å². The number of methoxy groups -OCH3 is 1. The van der Waals surface area contributed by atoms with Gasteiger partial charge in [-0.25, -0.2) is 0 Å². The van der Waals surface area contributed by atoms with Crippen LogP contribution in [0.3, 0.4) is 0 Å². The number of thiophene rings is 1. The van der Waals surface area contributed by atoms with E-state index in [2.05, 4.69) is 22.0 Å². The molecule has 0 saturated carbocycles. The van der Waals surface area contributed by atoms with Crippen LogP contribution in [0.25, 0.3) is 10.1 Å². The van der Waals surface area contributed by atoms with Crippen molar-refractivity contribution in [3.63, 3.8) is 0 Å². The van der Waals surface area contributed by atoms with Crippen molar-refractivity contribution in [2.75, 3.05) is 7.11 Å². The predicted molar refractivity (Wildman–Crippen MR) is 65.6 cm³/mol. The Kier molecular flexibility index (Phi) is 3.00. The average molecular weight is 292 g/mol. The molecule has 2 aromatic rings. The van der Waals surface area contributed by atoms with Gasteiger partial charge in [-0.1, -0.05) is 0 Å². The standard InChI is InChI=1S/C10H8BrClOS/c1-13-9-3-2-8(11)10-7(9)4-6(5-12)14-10/h2-4H,5H2,1H3. The molecule has 0 spiro atoms. The van der Waals surface area contributed by atoms with Crippen LogP contribution >= 0.6 is 38.9 Å². The van der Waals surface area contributed by atoms with Gasteiger partial charge < -0.3 is 4.74 Å². The lowest BCUT2D eigenvalue weighted by atomic mass is 10.2. The summed E-state index contributed by atoms with van der Waals surface area (Å²) in [6.45, 7) is 0. The average Bonchev–Trinajstić information content (AvgIpc) is 2.63. The largest absolute Gasteiger partial charge is 0.496 e. The zero-order chi connectivity index (χ0) is 10.1. The number of hydrogen-bond acceptors (Lipinski definition) is 2. The normalized spacial score (nSPS) is 10.8. The molecule has 0 N–H and O–H groups in total. The van der Waals surface area contributed by atoms with Crippen LogP contribution in [-0.2, 0) is 5.88 Å². The topological polar surface area (TPSA) is 9.23 Å². The number of alkyl halides is 1. The molecular weight excluding hydrogens is 284 g/mol. The highest BCUT2D eigenvalue weighted by Gasteiger charge is 2.08. The third-order valence-electron chi connectivity index (χ3n) is 2.00. The summed E-state index contributed by atoms with van der Waals surface area (Å²) in [5.41, 5.74) is 0. The van der Waals surface area contributed by atoms with Crippen LogP contribution < -0.4 is 4.74 Å². The van der Waals surface area contributed by atoms with E-state index in [-0.39, 0.29) is 0 Å². The van der Waals surface area contributed by atoms with E-state index in [0.717, 1.165) is 20.5 Å². The molecule has 0 amide bonds. The van der Waals surface area contributed by atoms with Gasteiger partial charge in [-0.15, -0.1) is 22.9 Å². The Morgan fingerprint density at radius 2 is 2.29 bits per heavy atom. The number of rotatable bonds is 2. The van der Waals surface area contributed by atoms with E-state index >= 15 is 0 Å². The Bertz CT molecular complexity index is 466. The van der Waals surface area contributed by atoms with Crippen molar-refractivity contribution in [3.8, 4) is 5.75 Å². The van der Waals surface area contributed by atoms with Gasteiger partial charge in [0.2, 0.25) is 0 Å². The lowest BCUT2D eigenvalue weighted by Crippen LogP contribution is -1.82. The van der Waals surface area contributed by atoms with Crippen LogP contribution in [0.5, 0.6) is 5.75 Å². The minimum Gasteiger partial charge on any atom is -0.496 e. The summed E-state index contributed by atoms with van der Waals surface area (Å²) in [6.07, 6.45) is 0. The number of halogens is 2. The van der Waals surface area contributed by atoms with Crippen molar-refractivity contribution < 1.29 is 4.74 Å². The van der Waals surface area contributed by atoms with Gasteiger partial charge in [-0.2, -0.15) is 0 Å². The summed E-state index contributed by atoms with van der Waals surface area (Å²) >= 11 is 11.0. The lowest BCUT2D eigenvalue weighted by molar-refractivity contribution is 0.420. The van der Waals surface area contributed by atoms with Crippen LogP contribution in [0, 0.1) is 0 Å². The quantitative estimate of drug-likeness (QED) is 0.745. The zero-order valence-corrected chi connectivity index (χ0v) is 10.7. The van der Waals surface area contributed by atoms with E-state index in [1.165, 1.54) is 4.70 Å². The highest BCUT2D eigenvalue weighted by molar-refractivity contribution is 9.10. The van der Waals surface area contributed by atoms with Crippen LogP contribution in [0.2, 0.25) is 0 Å². The van der Waals surface area contributed by atoms with Gasteiger partial charge in [-0.05, 0) is 34.1 Å². The van der Waals surface area contributed by atoms with Crippen molar-refractivity contribution in [1.82, 2.24) is 0 Å². The molecule has 1 aromatic heterocycles. The number of ether oxygens (including phenoxy) is 1. The van der Waals surface area contributed by atoms with Gasteiger partial charge in [0.25, 0.3) is 0 Å². The molecule has 1 heterocycles. The van der Waals surface area contributed by atoms with E-state index in [0.29, 0.717) is 5.88 Å². The maximum atomic E-state index is 5.80. The van der Waals surface area contributed by atoms with Gasteiger partial charge in [0, 0.05) is 14.7 Å². The van der Waals surface area contributed by atoms with Gasteiger partial charge in [0.15, 0.2) is 0 Å². The van der Waals surface area contributed by atoms with Gasteiger partial charge in [0.1, 0.15) is 5.75 Å². The van der Waals surface area contributed by atoms with Gasteiger partial charge in [0.05, 0.1) is 17.7 Å². The predicted octanol–water partition coefficient (Wildman–Crippen LogP) is 4.41. The van der Waals surface area contributed by atoms with Crippen LogP contribution in [-0.4, -0.2) is 7.11 Å². The fourth-order valence-corrected chi connectivity index (χ4v) is 3.12. The zero-order valence-electron chi connectivity index (χ0n) is 7.51. The van der Waals surface area contributed by atoms with Crippen molar-refractivity contribution in [1.29, 1.82) is 0 Å². The molecule has 0 fully saturated rings. The van der Waals surface area contributed by atoms with Crippen LogP contribution in [0.15, 0.2) is 22.7 Å². The Balaban J connectivity index is 2.74. The van der Waals surface area contributed by atoms with Crippen molar-refractivity contribution >= 4 is 49.0 Å². The molecule has 0 aliphatic carbocycles. The molecule has 14 heavy (non-hydrogen) atoms. The summed E-state index contributed by atoms with van der Waals surface area (Å²) < 4.78 is 7.57. The summed E-state index contributed by atoms with van der Waals surface area (Å²) in [7, 11) is 1.68. The first-order valence-electron chi connectivity index (χ1n) is 4.07. The third-order valence-corrected chi connectivity index (χ3v) is 4.54. The molecule has 74 valence electrons. The maximum absolute atomic E-state index is 5.80. The Morgan fingerprint density at radius 1 is 1.50 bits per heavy atom. The first kappa shape index (κ1) is 10.3. The Morgan fingerprint density at radius 3 is 2.93 bits per heavy atom. The van der Waals surface area contributed by atoms with Crippen LogP contribution in [0.1, 0.15) is 4.88 Å². The second-order valence-electron chi connectivity index (χ2n) is 2.84.